The number of aromatic nitrogens is 2. The van der Waals surface area contributed by atoms with E-state index in [-0.39, 0.29) is 16.5 Å². The van der Waals surface area contributed by atoms with Gasteiger partial charge in [-0.15, -0.1) is 0 Å². The molecule has 1 unspecified atom stereocenters. The summed E-state index contributed by atoms with van der Waals surface area (Å²) in [5, 5.41) is 0.0881. The van der Waals surface area contributed by atoms with Gasteiger partial charge in [-0.25, -0.2) is 18.1 Å². The summed E-state index contributed by atoms with van der Waals surface area (Å²) >= 11 is 0. The van der Waals surface area contributed by atoms with E-state index in [1.807, 2.05) is 51.1 Å². The van der Waals surface area contributed by atoms with E-state index >= 15 is 0 Å². The van der Waals surface area contributed by atoms with Crippen LogP contribution in [0.3, 0.4) is 0 Å². The molecule has 0 saturated heterocycles. The number of nitrogens with zero attached hydrogens (tertiary/aromatic N) is 1. The first kappa shape index (κ1) is 15.7. The molecule has 0 amide bonds. The number of nitrogens with one attached hydrogen (secondary N) is 2. The van der Waals surface area contributed by atoms with Crippen LogP contribution in [-0.2, 0) is 10.0 Å². The number of aryl methyl sites for hydroxylation is 1. The topological polar surface area (TPSA) is 74.8 Å². The highest BCUT2D eigenvalue weighted by molar-refractivity contribution is 7.89. The second-order valence-corrected chi connectivity index (χ2v) is 7.85. The molecular formula is C15H21N3O2S. The maximum atomic E-state index is 12.5. The lowest BCUT2D eigenvalue weighted by Gasteiger charge is -2.31. The Hall–Kier alpha value is -1.66. The third kappa shape index (κ3) is 3.71. The molecule has 1 heterocycles. The number of H-pyrrole nitrogens is 1. The number of imidazole rings is 1. The predicted octanol–water partition coefficient (Wildman–Crippen LogP) is 2.78. The van der Waals surface area contributed by atoms with Crippen LogP contribution >= 0.6 is 0 Å². The van der Waals surface area contributed by atoms with Crippen LogP contribution in [-0.4, -0.2) is 18.4 Å². The molecule has 1 aromatic carbocycles. The monoisotopic (exact) mass is 307 g/mol. The molecular weight excluding hydrogens is 286 g/mol. The van der Waals surface area contributed by atoms with E-state index in [4.69, 9.17) is 0 Å². The molecule has 0 bridgehead atoms. The van der Waals surface area contributed by atoms with Crippen LogP contribution in [0.15, 0.2) is 41.6 Å². The number of hydrogen-bond donors (Lipinski definition) is 2. The molecule has 2 rings (SSSR count). The molecule has 21 heavy (non-hydrogen) atoms. The molecule has 2 N–H and O–H groups in total. The molecule has 0 radical (unpaired) electrons. The maximum Gasteiger partial charge on any atom is 0.258 e. The van der Waals surface area contributed by atoms with Gasteiger partial charge in [-0.05, 0) is 17.9 Å². The van der Waals surface area contributed by atoms with E-state index in [2.05, 4.69) is 14.7 Å². The molecule has 0 aliphatic carbocycles. The molecule has 1 aromatic heterocycles. The van der Waals surface area contributed by atoms with Gasteiger partial charge in [0.15, 0.2) is 5.03 Å². The van der Waals surface area contributed by atoms with Crippen LogP contribution in [0.25, 0.3) is 0 Å². The summed E-state index contributed by atoms with van der Waals surface area (Å²) in [6, 6.07) is 9.25. The minimum absolute atomic E-state index is 0.0881. The van der Waals surface area contributed by atoms with Crippen molar-refractivity contribution in [1.29, 1.82) is 0 Å². The average molecular weight is 307 g/mol. The van der Waals surface area contributed by atoms with E-state index in [1.54, 1.807) is 6.92 Å². The number of sulfonamides is 1. The summed E-state index contributed by atoms with van der Waals surface area (Å²) in [5.41, 5.74) is 0.675. The van der Waals surface area contributed by atoms with E-state index in [0.29, 0.717) is 5.82 Å². The average Bonchev–Trinajstić information content (AvgIpc) is 2.83. The summed E-state index contributed by atoms with van der Waals surface area (Å²) in [4.78, 5) is 6.71. The zero-order valence-corrected chi connectivity index (χ0v) is 13.5. The molecule has 114 valence electrons. The Kier molecular flexibility index (Phi) is 4.20. The summed E-state index contributed by atoms with van der Waals surface area (Å²) in [7, 11) is -3.64. The minimum Gasteiger partial charge on any atom is -0.332 e. The molecule has 0 aliphatic heterocycles. The fraction of sp³-hybridized carbons (Fsp3) is 0.400. The van der Waals surface area contributed by atoms with E-state index in [9.17, 15) is 8.42 Å². The number of aromatic amines is 1. The molecule has 1 atom stereocenters. The summed E-state index contributed by atoms with van der Waals surface area (Å²) in [6.45, 7) is 7.74. The zero-order valence-electron chi connectivity index (χ0n) is 12.7. The molecule has 6 heteroatoms. The second-order valence-electron chi connectivity index (χ2n) is 6.16. The lowest BCUT2D eigenvalue weighted by atomic mass is 9.83. The van der Waals surface area contributed by atoms with Gasteiger partial charge >= 0.3 is 0 Å². The highest BCUT2D eigenvalue weighted by Crippen LogP contribution is 2.33. The van der Waals surface area contributed by atoms with Gasteiger partial charge in [-0.1, -0.05) is 51.1 Å². The maximum absolute atomic E-state index is 12.5. The van der Waals surface area contributed by atoms with Crippen LogP contribution in [0, 0.1) is 12.3 Å². The Morgan fingerprint density at radius 3 is 2.29 bits per heavy atom. The first-order chi connectivity index (χ1) is 9.70. The van der Waals surface area contributed by atoms with Crippen molar-refractivity contribution >= 4 is 10.0 Å². The Labute approximate surface area is 125 Å². The predicted molar refractivity (Wildman–Crippen MR) is 82.3 cm³/mol. The SMILES string of the molecule is Cc1ncc(S(=O)(=O)NC(c2ccccc2)C(C)(C)C)[nH]1. The second kappa shape index (κ2) is 5.61. The van der Waals surface area contributed by atoms with Crippen LogP contribution in [0.2, 0.25) is 0 Å². The number of benzene rings is 1. The summed E-state index contributed by atoms with van der Waals surface area (Å²) in [6.07, 6.45) is 1.34. The lowest BCUT2D eigenvalue weighted by Crippen LogP contribution is -2.36. The molecule has 0 fully saturated rings. The van der Waals surface area contributed by atoms with Crippen molar-refractivity contribution in [3.05, 3.63) is 47.9 Å². The van der Waals surface area contributed by atoms with Crippen LogP contribution < -0.4 is 4.72 Å². The van der Waals surface area contributed by atoms with Crippen molar-refractivity contribution < 1.29 is 8.42 Å². The number of hydrogen-bond acceptors (Lipinski definition) is 3. The lowest BCUT2D eigenvalue weighted by molar-refractivity contribution is 0.304. The largest absolute Gasteiger partial charge is 0.332 e. The van der Waals surface area contributed by atoms with Crippen molar-refractivity contribution in [2.45, 2.75) is 38.8 Å². The minimum atomic E-state index is -3.64. The van der Waals surface area contributed by atoms with Gasteiger partial charge in [0.2, 0.25) is 0 Å². The van der Waals surface area contributed by atoms with Gasteiger partial charge in [0.25, 0.3) is 10.0 Å². The normalized spacial score (nSPS) is 14.1. The van der Waals surface area contributed by atoms with Crippen LogP contribution in [0.4, 0.5) is 0 Å². The van der Waals surface area contributed by atoms with Crippen molar-refractivity contribution in [3.63, 3.8) is 0 Å². The molecule has 5 nitrogen and oxygen atoms in total. The van der Waals surface area contributed by atoms with Gasteiger partial charge < -0.3 is 4.98 Å². The van der Waals surface area contributed by atoms with Gasteiger partial charge in [-0.2, -0.15) is 0 Å². The standard InChI is InChI=1S/C15H21N3O2S/c1-11-16-10-13(17-11)21(19,20)18-14(15(2,3)4)12-8-6-5-7-9-12/h5-10,14,18H,1-4H3,(H,16,17). The van der Waals surface area contributed by atoms with E-state index < -0.39 is 10.0 Å². The smallest absolute Gasteiger partial charge is 0.258 e. The highest BCUT2D eigenvalue weighted by atomic mass is 32.2. The number of rotatable bonds is 4. The van der Waals surface area contributed by atoms with Gasteiger partial charge in [0.05, 0.1) is 12.2 Å². The fourth-order valence-electron chi connectivity index (χ4n) is 2.14. The summed E-state index contributed by atoms with van der Waals surface area (Å²) in [5.74, 6) is 0.572. The van der Waals surface area contributed by atoms with Crippen LogP contribution in [0.5, 0.6) is 0 Å². The van der Waals surface area contributed by atoms with Crippen molar-refractivity contribution in [3.8, 4) is 0 Å². The first-order valence-electron chi connectivity index (χ1n) is 6.79. The zero-order chi connectivity index (χ0) is 15.7. The first-order valence-corrected chi connectivity index (χ1v) is 8.27. The van der Waals surface area contributed by atoms with Crippen molar-refractivity contribution in [2.75, 3.05) is 0 Å². The third-order valence-corrected chi connectivity index (χ3v) is 4.57. The molecule has 2 aromatic rings. The van der Waals surface area contributed by atoms with Crippen molar-refractivity contribution in [1.82, 2.24) is 14.7 Å². The van der Waals surface area contributed by atoms with Crippen LogP contribution in [0.1, 0.15) is 38.2 Å². The third-order valence-electron chi connectivity index (χ3n) is 3.24. The van der Waals surface area contributed by atoms with E-state index in [1.165, 1.54) is 6.20 Å². The highest BCUT2D eigenvalue weighted by Gasteiger charge is 2.31. The fourth-order valence-corrected chi connectivity index (χ4v) is 3.54. The summed E-state index contributed by atoms with van der Waals surface area (Å²) < 4.78 is 27.8. The van der Waals surface area contributed by atoms with Gasteiger partial charge in [0.1, 0.15) is 5.82 Å². The quantitative estimate of drug-likeness (QED) is 0.912. The van der Waals surface area contributed by atoms with E-state index in [0.717, 1.165) is 5.56 Å². The Morgan fingerprint density at radius 1 is 1.19 bits per heavy atom. The van der Waals surface area contributed by atoms with Gasteiger partial charge in [-0.3, -0.25) is 0 Å². The Bertz CT molecular complexity index is 700. The van der Waals surface area contributed by atoms with Gasteiger partial charge in [0, 0.05) is 0 Å². The Morgan fingerprint density at radius 2 is 1.81 bits per heavy atom. The molecule has 0 spiro atoms. The molecule has 0 saturated carbocycles. The van der Waals surface area contributed by atoms with Crippen molar-refractivity contribution in [2.24, 2.45) is 5.41 Å². The Balaban J connectivity index is 2.36. The molecule has 0 aliphatic rings.